The Labute approximate surface area is 82.9 Å². The van der Waals surface area contributed by atoms with Gasteiger partial charge in [0.05, 0.1) is 0 Å². The van der Waals surface area contributed by atoms with Crippen molar-refractivity contribution in [3.8, 4) is 5.75 Å². The van der Waals surface area contributed by atoms with Crippen LogP contribution in [-0.4, -0.2) is 5.11 Å². The molecule has 3 N–H and O–H groups in total. The number of aromatic hydroxyl groups is 1. The molecule has 0 heterocycles. The Morgan fingerprint density at radius 3 is 2.79 bits per heavy atom. The van der Waals surface area contributed by atoms with Gasteiger partial charge in [0.25, 0.3) is 0 Å². The number of phenols is 1. The van der Waals surface area contributed by atoms with Gasteiger partial charge in [0.2, 0.25) is 0 Å². The van der Waals surface area contributed by atoms with Gasteiger partial charge in [-0.3, -0.25) is 0 Å². The van der Waals surface area contributed by atoms with Crippen molar-refractivity contribution >= 4 is 0 Å². The standard InChI is InChI=1S/C11H14FNO/c1-3-6-11(2,13)8-4-5-10(14)9(12)7-8/h3-5,7,14H,1,6,13H2,2H3/t11-/m0/s1. The smallest absolute Gasteiger partial charge is 0.165 e. The summed E-state index contributed by atoms with van der Waals surface area (Å²) in [5.74, 6) is -1.01. The average molecular weight is 195 g/mol. The van der Waals surface area contributed by atoms with Crippen molar-refractivity contribution in [1.82, 2.24) is 0 Å². The highest BCUT2D eigenvalue weighted by molar-refractivity contribution is 5.32. The minimum absolute atomic E-state index is 0.358. The van der Waals surface area contributed by atoms with Crippen LogP contribution in [0.2, 0.25) is 0 Å². The van der Waals surface area contributed by atoms with Crippen molar-refractivity contribution in [3.05, 3.63) is 42.2 Å². The van der Waals surface area contributed by atoms with Crippen molar-refractivity contribution in [2.45, 2.75) is 18.9 Å². The number of halogens is 1. The molecule has 0 aliphatic rings. The van der Waals surface area contributed by atoms with Gasteiger partial charge < -0.3 is 10.8 Å². The van der Waals surface area contributed by atoms with Crippen LogP contribution in [0.4, 0.5) is 4.39 Å². The van der Waals surface area contributed by atoms with Crippen LogP contribution in [0.1, 0.15) is 18.9 Å². The van der Waals surface area contributed by atoms with Crippen LogP contribution in [0.5, 0.6) is 5.75 Å². The molecule has 2 nitrogen and oxygen atoms in total. The molecule has 1 aromatic carbocycles. The Morgan fingerprint density at radius 2 is 2.29 bits per heavy atom. The van der Waals surface area contributed by atoms with Gasteiger partial charge in [-0.15, -0.1) is 6.58 Å². The first-order valence-corrected chi connectivity index (χ1v) is 4.36. The molecule has 0 fully saturated rings. The first-order chi connectivity index (χ1) is 6.47. The molecule has 76 valence electrons. The molecule has 0 bridgehead atoms. The second-order valence-electron chi connectivity index (χ2n) is 3.58. The molecule has 1 aromatic rings. The van der Waals surface area contributed by atoms with Crippen molar-refractivity contribution in [2.24, 2.45) is 5.73 Å². The van der Waals surface area contributed by atoms with Gasteiger partial charge in [-0.2, -0.15) is 0 Å². The maximum atomic E-state index is 13.0. The van der Waals surface area contributed by atoms with E-state index in [1.54, 1.807) is 19.1 Å². The van der Waals surface area contributed by atoms with Gasteiger partial charge in [0, 0.05) is 5.54 Å². The van der Waals surface area contributed by atoms with Gasteiger partial charge in [0.1, 0.15) is 0 Å². The van der Waals surface area contributed by atoms with Crippen LogP contribution in [0.25, 0.3) is 0 Å². The monoisotopic (exact) mass is 195 g/mol. The molecular weight excluding hydrogens is 181 g/mol. The van der Waals surface area contributed by atoms with E-state index >= 15 is 0 Å². The van der Waals surface area contributed by atoms with E-state index in [4.69, 9.17) is 10.8 Å². The fourth-order valence-electron chi connectivity index (χ4n) is 1.28. The fraction of sp³-hybridized carbons (Fsp3) is 0.273. The van der Waals surface area contributed by atoms with Crippen LogP contribution in [-0.2, 0) is 5.54 Å². The van der Waals surface area contributed by atoms with Gasteiger partial charge in [-0.05, 0) is 31.0 Å². The zero-order chi connectivity index (χ0) is 10.8. The maximum Gasteiger partial charge on any atom is 0.165 e. The minimum atomic E-state index is -0.650. The molecule has 0 radical (unpaired) electrons. The first-order valence-electron chi connectivity index (χ1n) is 4.36. The highest BCUT2D eigenvalue weighted by atomic mass is 19.1. The van der Waals surface area contributed by atoms with Crippen molar-refractivity contribution in [2.75, 3.05) is 0 Å². The largest absolute Gasteiger partial charge is 0.505 e. The van der Waals surface area contributed by atoms with Crippen molar-refractivity contribution in [3.63, 3.8) is 0 Å². The third-order valence-corrected chi connectivity index (χ3v) is 2.18. The molecule has 14 heavy (non-hydrogen) atoms. The van der Waals surface area contributed by atoms with E-state index in [1.807, 2.05) is 0 Å². The molecule has 1 atom stereocenters. The Kier molecular flexibility index (Phi) is 2.91. The molecule has 0 saturated carbocycles. The summed E-state index contributed by atoms with van der Waals surface area (Å²) in [5, 5.41) is 9.00. The lowest BCUT2D eigenvalue weighted by atomic mass is 9.90. The molecule has 1 rings (SSSR count). The van der Waals surface area contributed by atoms with E-state index in [0.29, 0.717) is 12.0 Å². The summed E-state index contributed by atoms with van der Waals surface area (Å²) in [6, 6.07) is 4.17. The van der Waals surface area contributed by atoms with Crippen LogP contribution < -0.4 is 5.73 Å². The van der Waals surface area contributed by atoms with Gasteiger partial charge in [0.15, 0.2) is 11.6 Å². The number of benzene rings is 1. The topological polar surface area (TPSA) is 46.2 Å². The lowest BCUT2D eigenvalue weighted by Crippen LogP contribution is -2.32. The number of phenolic OH excluding ortho intramolecular Hbond substituents is 1. The predicted molar refractivity (Wildman–Crippen MR) is 54.4 cm³/mol. The molecule has 0 saturated heterocycles. The minimum Gasteiger partial charge on any atom is -0.505 e. The highest BCUT2D eigenvalue weighted by Crippen LogP contribution is 2.25. The molecular formula is C11H14FNO. The van der Waals surface area contributed by atoms with Gasteiger partial charge >= 0.3 is 0 Å². The summed E-state index contributed by atoms with van der Waals surface area (Å²) in [6.45, 7) is 5.38. The maximum absolute atomic E-state index is 13.0. The van der Waals surface area contributed by atoms with Crippen molar-refractivity contribution < 1.29 is 9.50 Å². The molecule has 0 aromatic heterocycles. The number of hydrogen-bond donors (Lipinski definition) is 2. The van der Waals surface area contributed by atoms with Crippen LogP contribution in [0.3, 0.4) is 0 Å². The van der Waals surface area contributed by atoms with E-state index in [0.717, 1.165) is 0 Å². The summed E-state index contributed by atoms with van der Waals surface area (Å²) in [5.41, 5.74) is 5.95. The summed E-state index contributed by atoms with van der Waals surface area (Å²) in [6.07, 6.45) is 2.24. The highest BCUT2D eigenvalue weighted by Gasteiger charge is 2.20. The number of rotatable bonds is 3. The fourth-order valence-corrected chi connectivity index (χ4v) is 1.28. The van der Waals surface area contributed by atoms with E-state index in [-0.39, 0.29) is 5.75 Å². The normalized spacial score (nSPS) is 14.8. The second kappa shape index (κ2) is 3.80. The Balaban J connectivity index is 3.07. The Bertz CT molecular complexity index is 347. The summed E-state index contributed by atoms with van der Waals surface area (Å²) < 4.78 is 13.0. The quantitative estimate of drug-likeness (QED) is 0.727. The summed E-state index contributed by atoms with van der Waals surface area (Å²) in [7, 11) is 0. The third kappa shape index (κ3) is 2.12. The second-order valence-corrected chi connectivity index (χ2v) is 3.58. The van der Waals surface area contributed by atoms with Crippen molar-refractivity contribution in [1.29, 1.82) is 0 Å². The number of nitrogens with two attached hydrogens (primary N) is 1. The number of hydrogen-bond acceptors (Lipinski definition) is 2. The average Bonchev–Trinajstić information content (AvgIpc) is 2.09. The van der Waals surface area contributed by atoms with Gasteiger partial charge in [-0.1, -0.05) is 12.1 Å². The molecule has 0 unspecified atom stereocenters. The third-order valence-electron chi connectivity index (χ3n) is 2.18. The molecule has 0 amide bonds. The summed E-state index contributed by atoms with van der Waals surface area (Å²) in [4.78, 5) is 0. The first kappa shape index (κ1) is 10.7. The van der Waals surface area contributed by atoms with E-state index < -0.39 is 11.4 Å². The molecule has 0 aliphatic heterocycles. The van der Waals surface area contributed by atoms with Crippen LogP contribution in [0.15, 0.2) is 30.9 Å². The molecule has 3 heteroatoms. The zero-order valence-electron chi connectivity index (χ0n) is 8.13. The lowest BCUT2D eigenvalue weighted by molar-refractivity contribution is 0.427. The lowest BCUT2D eigenvalue weighted by Gasteiger charge is -2.23. The SMILES string of the molecule is C=CC[C@](C)(N)c1ccc(O)c(F)c1. The van der Waals surface area contributed by atoms with E-state index in [9.17, 15) is 4.39 Å². The van der Waals surface area contributed by atoms with Crippen LogP contribution in [0, 0.1) is 5.82 Å². The van der Waals surface area contributed by atoms with E-state index in [1.165, 1.54) is 12.1 Å². The predicted octanol–water partition coefficient (Wildman–Crippen LogP) is 2.28. The van der Waals surface area contributed by atoms with Crippen LogP contribution >= 0.6 is 0 Å². The van der Waals surface area contributed by atoms with E-state index in [2.05, 4.69) is 6.58 Å². The van der Waals surface area contributed by atoms with Gasteiger partial charge in [-0.25, -0.2) is 4.39 Å². The zero-order valence-corrected chi connectivity index (χ0v) is 8.13. The Morgan fingerprint density at radius 1 is 1.64 bits per heavy atom. The summed E-state index contributed by atoms with van der Waals surface area (Å²) >= 11 is 0. The molecule has 0 aliphatic carbocycles. The Hall–Kier alpha value is -1.35. The molecule has 0 spiro atoms.